The highest BCUT2D eigenvalue weighted by Gasteiger charge is 2.13. The Morgan fingerprint density at radius 2 is 2.08 bits per heavy atom. The van der Waals surface area contributed by atoms with Gasteiger partial charge in [-0.3, -0.25) is 0 Å². The van der Waals surface area contributed by atoms with Gasteiger partial charge in [-0.1, -0.05) is 19.1 Å². The van der Waals surface area contributed by atoms with Crippen molar-refractivity contribution in [3.63, 3.8) is 0 Å². The first kappa shape index (κ1) is 18.3. The molecule has 138 valence electrons. The van der Waals surface area contributed by atoms with Crippen LogP contribution in [0.2, 0.25) is 0 Å². The third-order valence-corrected chi connectivity index (χ3v) is 4.51. The Bertz CT molecular complexity index is 881. The molecule has 5 heteroatoms. The molecule has 0 saturated carbocycles. The average Bonchev–Trinajstić information content (AvgIpc) is 3.01. The lowest BCUT2D eigenvalue weighted by Gasteiger charge is -2.16. The number of nitrogens with zero attached hydrogens (tertiary/aromatic N) is 2. The summed E-state index contributed by atoms with van der Waals surface area (Å²) < 4.78 is 0. The van der Waals surface area contributed by atoms with Crippen LogP contribution in [0.4, 0.5) is 11.5 Å². The Morgan fingerprint density at radius 1 is 1.27 bits per heavy atom. The predicted molar refractivity (Wildman–Crippen MR) is 111 cm³/mol. The molecule has 0 aliphatic carbocycles. The lowest BCUT2D eigenvalue weighted by molar-refractivity contribution is 0.329. The van der Waals surface area contributed by atoms with Gasteiger partial charge in [0.25, 0.3) is 0 Å². The average molecular weight is 351 g/mol. The number of benzene rings is 1. The fourth-order valence-corrected chi connectivity index (χ4v) is 3.35. The molecule has 0 aliphatic rings. The van der Waals surface area contributed by atoms with E-state index in [-0.39, 0.29) is 6.04 Å². The third-order valence-electron chi connectivity index (χ3n) is 4.51. The van der Waals surface area contributed by atoms with Gasteiger partial charge in [0.2, 0.25) is 0 Å². The molecule has 4 N–H and O–H groups in total. The molecule has 0 fully saturated rings. The number of H-pyrrole nitrogens is 1. The van der Waals surface area contributed by atoms with Crippen molar-refractivity contribution >= 4 is 22.4 Å². The lowest BCUT2D eigenvalue weighted by atomic mass is 10.1. The van der Waals surface area contributed by atoms with E-state index in [2.05, 4.69) is 72.3 Å². The van der Waals surface area contributed by atoms with Crippen molar-refractivity contribution in [3.05, 3.63) is 42.1 Å². The van der Waals surface area contributed by atoms with Crippen LogP contribution >= 0.6 is 0 Å². The van der Waals surface area contributed by atoms with E-state index >= 15 is 0 Å². The van der Waals surface area contributed by atoms with E-state index in [9.17, 15) is 0 Å². The van der Waals surface area contributed by atoms with E-state index in [0.29, 0.717) is 5.69 Å². The number of nitrogen functional groups attached to an aromatic ring is 1. The molecular weight excluding hydrogens is 322 g/mol. The van der Waals surface area contributed by atoms with Crippen LogP contribution < -0.4 is 11.1 Å². The van der Waals surface area contributed by atoms with Crippen LogP contribution in [0.15, 0.2) is 36.5 Å². The Kier molecular flexibility index (Phi) is 5.47. The molecule has 0 saturated heterocycles. The van der Waals surface area contributed by atoms with Crippen molar-refractivity contribution in [2.24, 2.45) is 0 Å². The summed E-state index contributed by atoms with van der Waals surface area (Å²) in [7, 11) is 2.17. The van der Waals surface area contributed by atoms with Gasteiger partial charge in [-0.15, -0.1) is 0 Å². The molecule has 0 unspecified atom stereocenters. The Balaban J connectivity index is 2.00. The number of rotatable bonds is 7. The molecule has 0 amide bonds. The first-order chi connectivity index (χ1) is 12.5. The highest BCUT2D eigenvalue weighted by Crippen LogP contribution is 2.33. The Morgan fingerprint density at radius 3 is 2.81 bits per heavy atom. The summed E-state index contributed by atoms with van der Waals surface area (Å²) in [6.45, 7) is 8.40. The number of nitrogens with one attached hydrogen (secondary N) is 2. The molecule has 0 aliphatic heterocycles. The zero-order chi connectivity index (χ0) is 18.7. The standard InChI is InChI=1S/C21H29N5/c1-5-11-26(4)13-15-7-6-8-18-17(15)12-19(25-18)16-9-10-23-21(20(16)22)24-14(2)3/h6-10,12,14,25H,5,11,13,22H2,1-4H3,(H,23,24). The van der Waals surface area contributed by atoms with Gasteiger partial charge in [0.15, 0.2) is 0 Å². The van der Waals surface area contributed by atoms with Crippen molar-refractivity contribution < 1.29 is 0 Å². The molecule has 5 nitrogen and oxygen atoms in total. The molecule has 26 heavy (non-hydrogen) atoms. The SMILES string of the molecule is CCCN(C)Cc1cccc2[nH]c(-c3ccnc(NC(C)C)c3N)cc12. The smallest absolute Gasteiger partial charge is 0.150 e. The van der Waals surface area contributed by atoms with Gasteiger partial charge >= 0.3 is 0 Å². The van der Waals surface area contributed by atoms with Gasteiger partial charge in [0.1, 0.15) is 5.82 Å². The van der Waals surface area contributed by atoms with Gasteiger partial charge in [-0.25, -0.2) is 4.98 Å². The van der Waals surface area contributed by atoms with Crippen molar-refractivity contribution in [2.75, 3.05) is 24.6 Å². The maximum Gasteiger partial charge on any atom is 0.150 e. The van der Waals surface area contributed by atoms with Crippen LogP contribution in [0, 0.1) is 0 Å². The van der Waals surface area contributed by atoms with Gasteiger partial charge in [-0.2, -0.15) is 0 Å². The number of nitrogens with two attached hydrogens (primary N) is 1. The second-order valence-electron chi connectivity index (χ2n) is 7.22. The minimum atomic E-state index is 0.281. The molecule has 0 radical (unpaired) electrons. The predicted octanol–water partition coefficient (Wildman–Crippen LogP) is 4.47. The van der Waals surface area contributed by atoms with Crippen LogP contribution in [-0.4, -0.2) is 34.5 Å². The number of fused-ring (bicyclic) bond motifs is 1. The van der Waals surface area contributed by atoms with Crippen LogP contribution in [0.5, 0.6) is 0 Å². The van der Waals surface area contributed by atoms with Crippen LogP contribution in [0.1, 0.15) is 32.8 Å². The van der Waals surface area contributed by atoms with E-state index in [1.165, 1.54) is 10.9 Å². The fourth-order valence-electron chi connectivity index (χ4n) is 3.35. The quantitative estimate of drug-likeness (QED) is 0.587. The number of hydrogen-bond donors (Lipinski definition) is 3. The summed E-state index contributed by atoms with van der Waals surface area (Å²) in [5.74, 6) is 0.735. The first-order valence-corrected chi connectivity index (χ1v) is 9.30. The lowest BCUT2D eigenvalue weighted by Crippen LogP contribution is -2.18. The zero-order valence-electron chi connectivity index (χ0n) is 16.1. The van der Waals surface area contributed by atoms with Crippen LogP contribution in [-0.2, 0) is 6.54 Å². The molecule has 0 bridgehead atoms. The first-order valence-electron chi connectivity index (χ1n) is 9.30. The van der Waals surface area contributed by atoms with Crippen molar-refractivity contribution in [2.45, 2.75) is 39.8 Å². The molecule has 0 atom stereocenters. The maximum absolute atomic E-state index is 6.39. The molecular formula is C21H29N5. The third kappa shape index (κ3) is 3.83. The zero-order valence-corrected chi connectivity index (χ0v) is 16.1. The highest BCUT2D eigenvalue weighted by atomic mass is 15.1. The summed E-state index contributed by atoms with van der Waals surface area (Å²) in [5, 5.41) is 4.56. The molecule has 3 aromatic rings. The van der Waals surface area contributed by atoms with Crippen LogP contribution in [0.3, 0.4) is 0 Å². The number of aromatic nitrogens is 2. The maximum atomic E-state index is 6.39. The van der Waals surface area contributed by atoms with Gasteiger partial charge in [-0.05, 0) is 57.6 Å². The van der Waals surface area contributed by atoms with E-state index < -0.39 is 0 Å². The minimum absolute atomic E-state index is 0.281. The van der Waals surface area contributed by atoms with Gasteiger partial charge < -0.3 is 20.9 Å². The molecule has 1 aromatic carbocycles. The fraction of sp³-hybridized carbons (Fsp3) is 0.381. The van der Waals surface area contributed by atoms with Crippen LogP contribution in [0.25, 0.3) is 22.2 Å². The number of pyridine rings is 1. The summed E-state index contributed by atoms with van der Waals surface area (Å²) >= 11 is 0. The highest BCUT2D eigenvalue weighted by molar-refractivity contribution is 5.92. The second-order valence-corrected chi connectivity index (χ2v) is 7.22. The summed E-state index contributed by atoms with van der Waals surface area (Å²) in [6, 6.07) is 10.9. The summed E-state index contributed by atoms with van der Waals surface area (Å²) in [5.41, 5.74) is 11.5. The Hall–Kier alpha value is -2.53. The molecule has 0 spiro atoms. The van der Waals surface area contributed by atoms with Crippen molar-refractivity contribution in [3.8, 4) is 11.3 Å². The van der Waals surface area contributed by atoms with Gasteiger partial charge in [0, 0.05) is 40.9 Å². The van der Waals surface area contributed by atoms with E-state index in [4.69, 9.17) is 5.73 Å². The van der Waals surface area contributed by atoms with Crippen molar-refractivity contribution in [1.29, 1.82) is 0 Å². The normalized spacial score (nSPS) is 11.6. The van der Waals surface area contributed by atoms with Crippen molar-refractivity contribution in [1.82, 2.24) is 14.9 Å². The molecule has 2 heterocycles. The van der Waals surface area contributed by atoms with E-state index in [0.717, 1.165) is 42.1 Å². The number of aromatic amines is 1. The number of anilines is 2. The molecule has 2 aromatic heterocycles. The largest absolute Gasteiger partial charge is 0.395 e. The second kappa shape index (κ2) is 7.79. The summed E-state index contributed by atoms with van der Waals surface area (Å²) in [4.78, 5) is 10.3. The minimum Gasteiger partial charge on any atom is -0.395 e. The summed E-state index contributed by atoms with van der Waals surface area (Å²) in [6.07, 6.45) is 2.96. The van der Waals surface area contributed by atoms with E-state index in [1.54, 1.807) is 6.20 Å². The Labute approximate surface area is 155 Å². The van der Waals surface area contributed by atoms with E-state index in [1.807, 2.05) is 6.07 Å². The monoisotopic (exact) mass is 351 g/mol. The topological polar surface area (TPSA) is 70.0 Å². The number of hydrogen-bond acceptors (Lipinski definition) is 4. The van der Waals surface area contributed by atoms with Gasteiger partial charge in [0.05, 0.1) is 5.69 Å². The molecule has 3 rings (SSSR count).